The normalized spacial score (nSPS) is 31.2. The molecule has 0 heterocycles. The van der Waals surface area contributed by atoms with Gasteiger partial charge < -0.3 is 0 Å². The number of hydrogen-bond donors (Lipinski definition) is 0. The highest BCUT2D eigenvalue weighted by Gasteiger charge is 2.43. The first-order valence-corrected chi connectivity index (χ1v) is 53.1. The second-order valence-corrected chi connectivity index (χ2v) is 42.0. The Kier molecular flexibility index (Phi) is 49.4. The summed E-state index contributed by atoms with van der Waals surface area (Å²) in [6.45, 7) is 0. The molecule has 10 bridgehead atoms. The summed E-state index contributed by atoms with van der Waals surface area (Å²) in [7, 11) is 0. The fraction of sp³-hybridized carbons (Fsp3) is 0.791. The van der Waals surface area contributed by atoms with Gasteiger partial charge >= 0.3 is 0 Å². The first kappa shape index (κ1) is 94.1. The van der Waals surface area contributed by atoms with E-state index in [1.54, 1.807) is 164 Å². The van der Waals surface area contributed by atoms with Crippen LogP contribution >= 0.6 is 0 Å². The van der Waals surface area contributed by atoms with Crippen LogP contribution in [0, 0.1) is 76.4 Å². The Morgan fingerprint density at radius 2 is 0.443 bits per heavy atom. The molecule has 0 aliphatic heterocycles. The molecule has 19 saturated carbocycles. The summed E-state index contributed by atoms with van der Waals surface area (Å²) < 4.78 is 0. The lowest BCUT2D eigenvalue weighted by atomic mass is 9.56. The van der Waals surface area contributed by atoms with E-state index in [0.29, 0.717) is 0 Å². The van der Waals surface area contributed by atoms with Gasteiger partial charge in [0.2, 0.25) is 0 Å². The van der Waals surface area contributed by atoms with Crippen LogP contribution in [-0.2, 0) is 25.7 Å². The smallest absolute Gasteiger partial charge is 0.0163 e. The predicted octanol–water partition coefficient (Wildman–Crippen LogP) is 37.3. The molecular weight excluding hydrogens is 1380 g/mol. The van der Waals surface area contributed by atoms with Gasteiger partial charge in [0.05, 0.1) is 0 Å². The summed E-state index contributed by atoms with van der Waals surface area (Å²) in [6.07, 6.45) is 142. The van der Waals surface area contributed by atoms with Crippen molar-refractivity contribution in [3.05, 3.63) is 144 Å². The van der Waals surface area contributed by atoms with Gasteiger partial charge in [-0.05, 0) is 330 Å². The number of rotatable bonds is 0. The third-order valence-electron chi connectivity index (χ3n) is 31.9. The van der Waals surface area contributed by atoms with E-state index in [1.807, 2.05) is 0 Å². The van der Waals surface area contributed by atoms with Crippen molar-refractivity contribution in [1.82, 2.24) is 0 Å². The van der Waals surface area contributed by atoms with E-state index >= 15 is 0 Å². The molecule has 28 rings (SSSR count). The Morgan fingerprint density at radius 1 is 0.191 bits per heavy atom. The molecule has 648 valence electrons. The molecule has 2 aromatic carbocycles. The van der Waals surface area contributed by atoms with Crippen molar-refractivity contribution in [3.63, 3.8) is 0 Å². The second-order valence-electron chi connectivity index (χ2n) is 42.0. The summed E-state index contributed by atoms with van der Waals surface area (Å²) >= 11 is 0. The third kappa shape index (κ3) is 41.5. The van der Waals surface area contributed by atoms with Crippen molar-refractivity contribution in [2.45, 2.75) is 501 Å². The summed E-state index contributed by atoms with van der Waals surface area (Å²) in [4.78, 5) is 0. The highest BCUT2D eigenvalue weighted by Crippen LogP contribution is 2.55. The molecule has 19 fully saturated rings. The second kappa shape index (κ2) is 60.4. The fourth-order valence-electron chi connectivity index (χ4n) is 23.7. The Balaban J connectivity index is 0.000000130. The Morgan fingerprint density at radius 3 is 0.652 bits per heavy atom. The molecule has 1 spiro atoms. The predicted molar refractivity (Wildman–Crippen MR) is 509 cm³/mol. The first-order valence-electron chi connectivity index (χ1n) is 53.1. The molecule has 0 N–H and O–H groups in total. The minimum Gasteiger partial charge on any atom is -0.0885 e. The standard InChI is InChI=1S/C10H16.C10H18.C10H12.C9H10.C9H16.C7H12.C7H10.C7H14.C7H12.C6H12.C6H10.C5H8.C5H10.C5H8.C5H6.C4H8.C3H6/c1-7-2-9-4-8(1)5-10(3-7)6-9;2*1-2-6-10-8-4-3-7-9(10)5-1;1-2-5-9-7-3-6-8(9)4-1;1-2-5-9(6-3-1)7-4-8-9;2*1-2-7-4-3-6(1)5-7;2*1-2-4-6-7-5-3-1;2*1-2-4-6-5-3-1;1-4-2-5(1)3-4;3*1-2-4-5-3-1;1-2-4-3-1;1-2-3-1/h7-10H,1-6H2;9-10H,1-8H2;1-2,5-6H,3-4,7-8H2;1-2,4-5H,3,6-7H2;1-8H2;6-7H,1-5H2;1-2,6-7H,3-5H2;1-7H2;1-2H,3-7H2;1-6H2;1-2H,3-6H2;4-5H,1-3H2;1-5H2;1-2H,3-5H2;1-4H,5H2;1-4H2;1-3H2. The number of allylic oxidation sites excluding steroid dienone is 12. The lowest BCUT2D eigenvalue weighted by Gasteiger charge is -2.49. The average Bonchev–Trinajstić information content (AvgIpc) is 1.74. The molecule has 2 aromatic rings. The lowest BCUT2D eigenvalue weighted by Crippen LogP contribution is -2.38. The van der Waals surface area contributed by atoms with Crippen molar-refractivity contribution in [2.24, 2.45) is 76.4 Å². The molecule has 0 heteroatoms. The fourth-order valence-corrected chi connectivity index (χ4v) is 23.7. The quantitative estimate of drug-likeness (QED) is 0.182. The number of benzene rings is 2. The van der Waals surface area contributed by atoms with Gasteiger partial charge in [0, 0.05) is 0 Å². The molecule has 0 amide bonds. The third-order valence-corrected chi connectivity index (χ3v) is 31.9. The molecule has 0 saturated heterocycles. The van der Waals surface area contributed by atoms with Crippen LogP contribution in [0.1, 0.15) is 497 Å². The molecule has 26 aliphatic carbocycles. The number of aryl methyl sites for hydroxylation is 4. The molecular formula is C115H188. The van der Waals surface area contributed by atoms with Crippen molar-refractivity contribution in [2.75, 3.05) is 0 Å². The van der Waals surface area contributed by atoms with Crippen LogP contribution in [0.2, 0.25) is 0 Å². The van der Waals surface area contributed by atoms with Gasteiger partial charge in [-0.25, -0.2) is 0 Å². The van der Waals surface area contributed by atoms with Crippen molar-refractivity contribution in [1.29, 1.82) is 0 Å². The number of hydrogen-bond acceptors (Lipinski definition) is 0. The van der Waals surface area contributed by atoms with Crippen LogP contribution < -0.4 is 0 Å². The number of fused-ring (bicyclic) bond motifs is 7. The Hall–Kier alpha value is -3.12. The SMILES string of the molecule is C1=CC2CCC1C2.C1=CCC=C1.C1=CCCC1.C1=CCCCC1.C1=CCCCCC1.C1C2CC1C2.C1C2CC3CC1CC(C2)C3.C1CC1.C1CC2CCC1C2.C1CCC1.C1CCC2(CC1)CCC2.C1CCC2CCCCC2C1.C1CCCC1.C1CCCCC1.C1CCCCCC1.c1ccc2c(c1)CCC2.c1ccc2c(c1)CCCC2. The van der Waals surface area contributed by atoms with Crippen LogP contribution in [0.3, 0.4) is 0 Å². The van der Waals surface area contributed by atoms with Gasteiger partial charge in [-0.15, -0.1) is 0 Å². The Labute approximate surface area is 716 Å². The van der Waals surface area contributed by atoms with E-state index in [1.165, 1.54) is 400 Å². The first-order chi connectivity index (χ1) is 57.1. The van der Waals surface area contributed by atoms with Gasteiger partial charge in [-0.3, -0.25) is 0 Å². The van der Waals surface area contributed by atoms with E-state index in [4.69, 9.17) is 0 Å². The summed E-state index contributed by atoms with van der Waals surface area (Å²) in [5, 5.41) is 0. The van der Waals surface area contributed by atoms with Gasteiger partial charge in [-0.1, -0.05) is 391 Å². The summed E-state index contributed by atoms with van der Waals surface area (Å²) in [5.41, 5.74) is 7.19. The average molecular weight is 1570 g/mol. The van der Waals surface area contributed by atoms with E-state index in [0.717, 1.165) is 35.5 Å². The molecule has 115 heavy (non-hydrogen) atoms. The molecule has 0 aromatic heterocycles. The van der Waals surface area contributed by atoms with E-state index in [-0.39, 0.29) is 0 Å². The van der Waals surface area contributed by atoms with Crippen LogP contribution in [0.5, 0.6) is 0 Å². The zero-order valence-corrected chi connectivity index (χ0v) is 76.1. The van der Waals surface area contributed by atoms with E-state index in [9.17, 15) is 0 Å². The molecule has 2 unspecified atom stereocenters. The maximum Gasteiger partial charge on any atom is -0.0163 e. The maximum atomic E-state index is 2.38. The molecule has 0 nitrogen and oxygen atoms in total. The van der Waals surface area contributed by atoms with Crippen LogP contribution in [0.4, 0.5) is 0 Å². The zero-order valence-electron chi connectivity index (χ0n) is 76.1. The summed E-state index contributed by atoms with van der Waals surface area (Å²) in [5.74, 6) is 13.8. The van der Waals surface area contributed by atoms with Crippen molar-refractivity contribution in [3.8, 4) is 0 Å². The lowest BCUT2D eigenvalue weighted by molar-refractivity contribution is 0.0197. The van der Waals surface area contributed by atoms with Gasteiger partial charge in [0.1, 0.15) is 0 Å². The van der Waals surface area contributed by atoms with Crippen LogP contribution in [-0.4, -0.2) is 0 Å². The molecule has 26 aliphatic rings. The molecule has 0 radical (unpaired) electrons. The topological polar surface area (TPSA) is 0 Å². The minimum absolute atomic E-state index is 0.901. The largest absolute Gasteiger partial charge is 0.0885 e. The summed E-state index contributed by atoms with van der Waals surface area (Å²) in [6, 6.07) is 17.5. The van der Waals surface area contributed by atoms with Gasteiger partial charge in [0.15, 0.2) is 0 Å². The van der Waals surface area contributed by atoms with Crippen LogP contribution in [0.25, 0.3) is 0 Å². The molecule has 2 atom stereocenters. The van der Waals surface area contributed by atoms with Gasteiger partial charge in [0.25, 0.3) is 0 Å². The van der Waals surface area contributed by atoms with E-state index < -0.39 is 0 Å². The Bertz CT molecular complexity index is 2600. The highest BCUT2D eigenvalue weighted by atomic mass is 14.5. The van der Waals surface area contributed by atoms with E-state index in [2.05, 4.69) is 121 Å². The zero-order chi connectivity index (χ0) is 79.0. The van der Waals surface area contributed by atoms with Crippen molar-refractivity contribution >= 4 is 0 Å². The van der Waals surface area contributed by atoms with Crippen molar-refractivity contribution < 1.29 is 0 Å². The highest BCUT2D eigenvalue weighted by molar-refractivity contribution is 5.31. The van der Waals surface area contributed by atoms with Gasteiger partial charge in [-0.2, -0.15) is 0 Å². The monoisotopic (exact) mass is 1570 g/mol. The van der Waals surface area contributed by atoms with Crippen LogP contribution in [0.15, 0.2) is 121 Å². The maximum absolute atomic E-state index is 2.38. The minimum atomic E-state index is 0.901.